The highest BCUT2D eigenvalue weighted by atomic mass is 16.1. The summed E-state index contributed by atoms with van der Waals surface area (Å²) in [5.41, 5.74) is 4.78. The number of aromatic nitrogens is 3. The number of benzene rings is 2. The van der Waals surface area contributed by atoms with Crippen LogP contribution in [-0.4, -0.2) is 20.9 Å². The number of nitriles is 1. The fraction of sp³-hybridized carbons (Fsp3) is 0.304. The Kier molecular flexibility index (Phi) is 5.79. The fourth-order valence-corrected chi connectivity index (χ4v) is 2.98. The Hall–Kier alpha value is -3.46. The molecule has 1 aromatic heterocycles. The van der Waals surface area contributed by atoms with Gasteiger partial charge in [-0.3, -0.25) is 4.79 Å². The second-order valence-electron chi connectivity index (χ2n) is 8.19. The van der Waals surface area contributed by atoms with Crippen LogP contribution in [0.4, 0.5) is 5.82 Å². The largest absolute Gasteiger partial charge is 0.308 e. The van der Waals surface area contributed by atoms with Crippen molar-refractivity contribution in [1.82, 2.24) is 15.0 Å². The average Bonchev–Trinajstić information content (AvgIpc) is 3.09. The van der Waals surface area contributed by atoms with E-state index in [1.807, 2.05) is 37.3 Å². The molecule has 0 aliphatic heterocycles. The number of hydrogen-bond donors (Lipinski definition) is 1. The number of nitrogens with zero attached hydrogens (tertiary/aromatic N) is 4. The summed E-state index contributed by atoms with van der Waals surface area (Å²) in [7, 11) is 0. The molecule has 0 unspecified atom stereocenters. The van der Waals surface area contributed by atoms with Crippen LogP contribution in [0.25, 0.3) is 0 Å². The molecular weight excluding hydrogens is 362 g/mol. The first-order valence-corrected chi connectivity index (χ1v) is 9.53. The summed E-state index contributed by atoms with van der Waals surface area (Å²) in [6.45, 7) is 8.82. The highest BCUT2D eigenvalue weighted by Crippen LogP contribution is 2.22. The molecule has 148 valence electrons. The van der Waals surface area contributed by atoms with E-state index in [2.05, 4.69) is 54.5 Å². The van der Waals surface area contributed by atoms with Gasteiger partial charge in [0.2, 0.25) is 5.91 Å². The molecule has 0 atom stereocenters. The molecule has 0 radical (unpaired) electrons. The average molecular weight is 387 g/mol. The lowest BCUT2D eigenvalue weighted by molar-refractivity contribution is -0.115. The first kappa shape index (κ1) is 20.3. The number of hydrogen-bond acceptors (Lipinski definition) is 4. The molecule has 6 heteroatoms. The van der Waals surface area contributed by atoms with Crippen LogP contribution in [-0.2, 0) is 23.2 Å². The number of amides is 1. The zero-order valence-corrected chi connectivity index (χ0v) is 17.2. The van der Waals surface area contributed by atoms with Gasteiger partial charge in [-0.25, -0.2) is 0 Å². The number of carbonyl (C=O) groups is 1. The first-order valence-electron chi connectivity index (χ1n) is 9.53. The lowest BCUT2D eigenvalue weighted by atomic mass is 9.86. The molecule has 0 aliphatic rings. The predicted molar refractivity (Wildman–Crippen MR) is 112 cm³/mol. The summed E-state index contributed by atoms with van der Waals surface area (Å²) in [6.07, 6.45) is 1.81. The molecule has 29 heavy (non-hydrogen) atoms. The van der Waals surface area contributed by atoms with Crippen molar-refractivity contribution in [3.8, 4) is 6.07 Å². The van der Waals surface area contributed by atoms with Crippen LogP contribution >= 0.6 is 0 Å². The van der Waals surface area contributed by atoms with Gasteiger partial charge in [0.25, 0.3) is 0 Å². The number of nitrogens with one attached hydrogen (secondary N) is 1. The summed E-state index contributed by atoms with van der Waals surface area (Å²) in [5.74, 6) is 0.275. The zero-order valence-electron chi connectivity index (χ0n) is 17.2. The monoisotopic (exact) mass is 387 g/mol. The van der Waals surface area contributed by atoms with Gasteiger partial charge in [-0.05, 0) is 40.7 Å². The summed E-state index contributed by atoms with van der Waals surface area (Å²) in [5, 5.41) is 20.4. The highest BCUT2D eigenvalue weighted by molar-refractivity contribution is 5.91. The van der Waals surface area contributed by atoms with Crippen LogP contribution in [0.15, 0.2) is 48.7 Å². The van der Waals surface area contributed by atoms with E-state index in [1.54, 1.807) is 0 Å². The second kappa shape index (κ2) is 8.27. The lowest BCUT2D eigenvalue weighted by Crippen LogP contribution is -2.16. The van der Waals surface area contributed by atoms with Crippen molar-refractivity contribution in [2.75, 3.05) is 5.32 Å². The minimum absolute atomic E-state index is 0.0880. The normalized spacial score (nSPS) is 11.1. The van der Waals surface area contributed by atoms with Crippen LogP contribution < -0.4 is 5.32 Å². The van der Waals surface area contributed by atoms with Crippen LogP contribution in [0.5, 0.6) is 0 Å². The van der Waals surface area contributed by atoms with Gasteiger partial charge < -0.3 is 5.32 Å². The SMILES string of the molecule is Cc1ccc(Cn2ncc(NC(=O)Cc3ccc(C(C)(C)C)cc3)n2)cc1C#N. The summed E-state index contributed by atoms with van der Waals surface area (Å²) in [6, 6.07) is 16.0. The minimum atomic E-state index is -0.136. The first-order chi connectivity index (χ1) is 13.7. The maximum absolute atomic E-state index is 12.3. The van der Waals surface area contributed by atoms with Gasteiger partial charge in [0.05, 0.1) is 30.8 Å². The number of anilines is 1. The second-order valence-corrected chi connectivity index (χ2v) is 8.19. The zero-order chi connectivity index (χ0) is 21.0. The van der Waals surface area contributed by atoms with Gasteiger partial charge in [0.1, 0.15) is 0 Å². The Labute approximate surface area is 171 Å². The van der Waals surface area contributed by atoms with Crippen molar-refractivity contribution in [2.24, 2.45) is 0 Å². The molecule has 2 aromatic carbocycles. The summed E-state index contributed by atoms with van der Waals surface area (Å²) < 4.78 is 0. The van der Waals surface area contributed by atoms with E-state index in [0.717, 1.165) is 16.7 Å². The molecule has 0 fully saturated rings. The topological polar surface area (TPSA) is 83.6 Å². The van der Waals surface area contributed by atoms with Crippen molar-refractivity contribution in [2.45, 2.75) is 46.1 Å². The number of aryl methyl sites for hydroxylation is 1. The molecule has 1 N–H and O–H groups in total. The van der Waals surface area contributed by atoms with Crippen molar-refractivity contribution < 1.29 is 4.79 Å². The van der Waals surface area contributed by atoms with Crippen molar-refractivity contribution in [1.29, 1.82) is 5.26 Å². The molecule has 6 nitrogen and oxygen atoms in total. The standard InChI is InChI=1S/C23H25N5O/c1-16-5-6-18(11-19(16)13-24)15-28-25-14-21(27-28)26-22(29)12-17-7-9-20(10-8-17)23(2,3)4/h5-11,14H,12,15H2,1-4H3,(H,26,27,29). The molecular formula is C23H25N5O. The Morgan fingerprint density at radius 3 is 2.48 bits per heavy atom. The fourth-order valence-electron chi connectivity index (χ4n) is 2.98. The lowest BCUT2D eigenvalue weighted by Gasteiger charge is -2.19. The van der Waals surface area contributed by atoms with E-state index in [4.69, 9.17) is 5.26 Å². The minimum Gasteiger partial charge on any atom is -0.308 e. The van der Waals surface area contributed by atoms with Gasteiger partial charge >= 0.3 is 0 Å². The summed E-state index contributed by atoms with van der Waals surface area (Å²) >= 11 is 0. The van der Waals surface area contributed by atoms with Gasteiger partial charge in [-0.15, -0.1) is 5.10 Å². The molecule has 1 heterocycles. The van der Waals surface area contributed by atoms with Gasteiger partial charge in [0, 0.05) is 0 Å². The molecule has 3 aromatic rings. The Balaban J connectivity index is 1.60. The van der Waals surface area contributed by atoms with E-state index in [0.29, 0.717) is 17.9 Å². The Morgan fingerprint density at radius 2 is 1.83 bits per heavy atom. The Morgan fingerprint density at radius 1 is 1.14 bits per heavy atom. The molecule has 0 saturated heterocycles. The van der Waals surface area contributed by atoms with Gasteiger partial charge in [0.15, 0.2) is 5.82 Å². The van der Waals surface area contributed by atoms with Crippen LogP contribution in [0.3, 0.4) is 0 Å². The molecule has 0 spiro atoms. The molecule has 3 rings (SSSR count). The highest BCUT2D eigenvalue weighted by Gasteiger charge is 2.14. The maximum atomic E-state index is 12.3. The quantitative estimate of drug-likeness (QED) is 0.718. The van der Waals surface area contributed by atoms with Gasteiger partial charge in [-0.2, -0.15) is 15.2 Å². The van der Waals surface area contributed by atoms with Crippen LogP contribution in [0.1, 0.15) is 48.6 Å². The predicted octanol–water partition coefficient (Wildman–Crippen LogP) is 3.99. The molecule has 1 amide bonds. The molecule has 0 saturated carbocycles. The van der Waals surface area contributed by atoms with Crippen LogP contribution in [0, 0.1) is 18.3 Å². The van der Waals surface area contributed by atoms with E-state index < -0.39 is 0 Å². The third-order valence-corrected chi connectivity index (χ3v) is 4.74. The molecule has 0 bridgehead atoms. The third kappa shape index (κ3) is 5.29. The van der Waals surface area contributed by atoms with E-state index >= 15 is 0 Å². The Bertz CT molecular complexity index is 1050. The van der Waals surface area contributed by atoms with E-state index in [-0.39, 0.29) is 17.7 Å². The third-order valence-electron chi connectivity index (χ3n) is 4.74. The van der Waals surface area contributed by atoms with E-state index in [1.165, 1.54) is 16.6 Å². The van der Waals surface area contributed by atoms with Gasteiger partial charge in [-0.1, -0.05) is 57.2 Å². The summed E-state index contributed by atoms with van der Waals surface area (Å²) in [4.78, 5) is 13.8. The van der Waals surface area contributed by atoms with Crippen LogP contribution in [0.2, 0.25) is 0 Å². The van der Waals surface area contributed by atoms with Crippen molar-refractivity contribution in [3.63, 3.8) is 0 Å². The smallest absolute Gasteiger partial charge is 0.230 e. The maximum Gasteiger partial charge on any atom is 0.230 e. The van der Waals surface area contributed by atoms with Crippen molar-refractivity contribution >= 4 is 11.7 Å². The van der Waals surface area contributed by atoms with E-state index in [9.17, 15) is 4.79 Å². The number of carbonyl (C=O) groups excluding carboxylic acids is 1. The number of rotatable bonds is 5. The molecule has 0 aliphatic carbocycles. The van der Waals surface area contributed by atoms with Crippen molar-refractivity contribution in [3.05, 3.63) is 76.5 Å².